The number of hydrogen-bond acceptors (Lipinski definition) is 3. The molecule has 0 fully saturated rings. The number of aliphatic hydroxyl groups is 1. The molecule has 1 amide bonds. The molecule has 1 aromatic carbocycles. The lowest BCUT2D eigenvalue weighted by atomic mass is 10.1. The van der Waals surface area contributed by atoms with Gasteiger partial charge in [-0.15, -0.1) is 0 Å². The second-order valence-electron chi connectivity index (χ2n) is 5.55. The molecular formula is C19H27NO3. The number of rotatable bonds is 8. The lowest BCUT2D eigenvalue weighted by molar-refractivity contribution is -0.116. The Morgan fingerprint density at radius 1 is 1.35 bits per heavy atom. The molecule has 0 saturated heterocycles. The molecule has 0 aliphatic heterocycles. The van der Waals surface area contributed by atoms with Gasteiger partial charge in [0.25, 0.3) is 0 Å². The summed E-state index contributed by atoms with van der Waals surface area (Å²) in [5, 5.41) is 12.9. The number of allylic oxidation sites excluding steroid dienone is 3. The first-order valence-corrected chi connectivity index (χ1v) is 8.02. The molecule has 0 bridgehead atoms. The van der Waals surface area contributed by atoms with E-state index in [-0.39, 0.29) is 18.6 Å². The van der Waals surface area contributed by atoms with E-state index in [0.717, 1.165) is 17.6 Å². The van der Waals surface area contributed by atoms with Crippen molar-refractivity contribution in [3.05, 3.63) is 53.6 Å². The molecule has 2 N–H and O–H groups in total. The van der Waals surface area contributed by atoms with E-state index in [1.807, 2.05) is 52.0 Å². The maximum Gasteiger partial charge on any atom is 0.244 e. The zero-order chi connectivity index (χ0) is 17.2. The Balaban J connectivity index is 2.56. The smallest absolute Gasteiger partial charge is 0.244 e. The van der Waals surface area contributed by atoms with Crippen molar-refractivity contribution in [3.8, 4) is 5.75 Å². The van der Waals surface area contributed by atoms with Gasteiger partial charge in [-0.2, -0.15) is 0 Å². The summed E-state index contributed by atoms with van der Waals surface area (Å²) in [6, 6.07) is 7.29. The Morgan fingerprint density at radius 2 is 2.09 bits per heavy atom. The topological polar surface area (TPSA) is 58.6 Å². The third-order valence-corrected chi connectivity index (χ3v) is 3.31. The normalized spacial score (nSPS) is 13.4. The molecule has 1 rings (SSSR count). The molecule has 0 radical (unpaired) electrons. The molecule has 23 heavy (non-hydrogen) atoms. The predicted molar refractivity (Wildman–Crippen MR) is 93.4 cm³/mol. The number of aliphatic hydroxyl groups excluding tert-OH is 1. The minimum Gasteiger partial charge on any atom is -0.491 e. The van der Waals surface area contributed by atoms with Gasteiger partial charge in [-0.05, 0) is 44.9 Å². The summed E-state index contributed by atoms with van der Waals surface area (Å²) in [6.45, 7) is 8.03. The first kappa shape index (κ1) is 19.0. The van der Waals surface area contributed by atoms with Crippen molar-refractivity contribution in [1.29, 1.82) is 0 Å². The Hall–Kier alpha value is -2.07. The van der Waals surface area contributed by atoms with Gasteiger partial charge in [0.1, 0.15) is 5.75 Å². The molecule has 4 heteroatoms. The SMILES string of the molecule is CC=C(C=CC(=O)NCC(O)c1cccc(OC(C)C)c1)CC. The van der Waals surface area contributed by atoms with Gasteiger partial charge in [-0.3, -0.25) is 4.79 Å². The zero-order valence-electron chi connectivity index (χ0n) is 14.4. The minimum atomic E-state index is -0.768. The van der Waals surface area contributed by atoms with Crippen molar-refractivity contribution >= 4 is 5.91 Å². The molecule has 0 saturated carbocycles. The van der Waals surface area contributed by atoms with Crippen LogP contribution >= 0.6 is 0 Å². The molecule has 1 aromatic rings. The van der Waals surface area contributed by atoms with Crippen LogP contribution in [0.3, 0.4) is 0 Å². The van der Waals surface area contributed by atoms with Gasteiger partial charge in [0, 0.05) is 12.6 Å². The summed E-state index contributed by atoms with van der Waals surface area (Å²) in [6.07, 6.45) is 5.44. The van der Waals surface area contributed by atoms with Crippen LogP contribution in [-0.4, -0.2) is 23.7 Å². The molecule has 1 atom stereocenters. The van der Waals surface area contributed by atoms with Crippen LogP contribution in [0.4, 0.5) is 0 Å². The second-order valence-corrected chi connectivity index (χ2v) is 5.55. The fourth-order valence-electron chi connectivity index (χ4n) is 2.04. The number of hydrogen-bond donors (Lipinski definition) is 2. The molecule has 0 aliphatic rings. The highest BCUT2D eigenvalue weighted by Crippen LogP contribution is 2.19. The Bertz CT molecular complexity index is 561. The summed E-state index contributed by atoms with van der Waals surface area (Å²) < 4.78 is 5.60. The van der Waals surface area contributed by atoms with E-state index in [1.54, 1.807) is 12.1 Å². The molecule has 0 aliphatic carbocycles. The van der Waals surface area contributed by atoms with E-state index in [0.29, 0.717) is 5.75 Å². The first-order valence-electron chi connectivity index (χ1n) is 8.02. The third-order valence-electron chi connectivity index (χ3n) is 3.31. The fraction of sp³-hybridized carbons (Fsp3) is 0.421. The van der Waals surface area contributed by atoms with E-state index in [1.165, 1.54) is 6.08 Å². The lowest BCUT2D eigenvalue weighted by Crippen LogP contribution is -2.26. The quantitative estimate of drug-likeness (QED) is 0.569. The van der Waals surface area contributed by atoms with Crippen molar-refractivity contribution in [1.82, 2.24) is 5.32 Å². The number of carbonyl (C=O) groups is 1. The van der Waals surface area contributed by atoms with Crippen molar-refractivity contribution in [2.24, 2.45) is 0 Å². The molecule has 0 aromatic heterocycles. The number of amides is 1. The highest BCUT2D eigenvalue weighted by molar-refractivity contribution is 5.87. The average Bonchev–Trinajstić information content (AvgIpc) is 2.53. The number of nitrogens with one attached hydrogen (secondary N) is 1. The largest absolute Gasteiger partial charge is 0.491 e. The summed E-state index contributed by atoms with van der Waals surface area (Å²) in [5.41, 5.74) is 1.81. The van der Waals surface area contributed by atoms with Gasteiger partial charge in [-0.1, -0.05) is 36.8 Å². The van der Waals surface area contributed by atoms with Crippen LogP contribution < -0.4 is 10.1 Å². The van der Waals surface area contributed by atoms with Crippen molar-refractivity contribution in [2.75, 3.05) is 6.54 Å². The standard InChI is InChI=1S/C19H27NO3/c1-5-15(6-2)10-11-19(22)20-13-18(21)16-8-7-9-17(12-16)23-14(3)4/h5,7-12,14,18,21H,6,13H2,1-4H3,(H,20,22). The van der Waals surface area contributed by atoms with Crippen molar-refractivity contribution < 1.29 is 14.6 Å². The van der Waals surface area contributed by atoms with E-state index >= 15 is 0 Å². The summed E-state index contributed by atoms with van der Waals surface area (Å²) in [4.78, 5) is 11.8. The highest BCUT2D eigenvalue weighted by Gasteiger charge is 2.10. The van der Waals surface area contributed by atoms with Crippen LogP contribution in [0.15, 0.2) is 48.1 Å². The molecule has 0 heterocycles. The van der Waals surface area contributed by atoms with Crippen LogP contribution in [0.2, 0.25) is 0 Å². The molecular weight excluding hydrogens is 290 g/mol. The molecule has 126 valence electrons. The van der Waals surface area contributed by atoms with Gasteiger partial charge >= 0.3 is 0 Å². The summed E-state index contributed by atoms with van der Waals surface area (Å²) in [7, 11) is 0. The van der Waals surface area contributed by atoms with Gasteiger partial charge < -0.3 is 15.2 Å². The first-order chi connectivity index (χ1) is 11.0. The Kier molecular flexibility index (Phi) is 8.13. The van der Waals surface area contributed by atoms with E-state index in [2.05, 4.69) is 5.32 Å². The monoisotopic (exact) mass is 317 g/mol. The van der Waals surface area contributed by atoms with Crippen molar-refractivity contribution in [2.45, 2.75) is 46.3 Å². The molecule has 1 unspecified atom stereocenters. The van der Waals surface area contributed by atoms with Gasteiger partial charge in [0.05, 0.1) is 12.2 Å². The lowest BCUT2D eigenvalue weighted by Gasteiger charge is -2.14. The number of benzene rings is 1. The zero-order valence-corrected chi connectivity index (χ0v) is 14.4. The van der Waals surface area contributed by atoms with Crippen molar-refractivity contribution in [3.63, 3.8) is 0 Å². The predicted octanol–water partition coefficient (Wildman–Crippen LogP) is 3.54. The van der Waals surface area contributed by atoms with E-state index in [4.69, 9.17) is 4.74 Å². The Morgan fingerprint density at radius 3 is 2.70 bits per heavy atom. The number of ether oxygens (including phenoxy) is 1. The van der Waals surface area contributed by atoms with Gasteiger partial charge in [0.15, 0.2) is 0 Å². The van der Waals surface area contributed by atoms with E-state index in [9.17, 15) is 9.90 Å². The third kappa shape index (κ3) is 7.15. The van der Waals surface area contributed by atoms with Crippen LogP contribution in [0.25, 0.3) is 0 Å². The summed E-state index contributed by atoms with van der Waals surface area (Å²) in [5.74, 6) is 0.495. The molecule has 4 nitrogen and oxygen atoms in total. The second kappa shape index (κ2) is 9.85. The Labute approximate surface area is 138 Å². The highest BCUT2D eigenvalue weighted by atomic mass is 16.5. The van der Waals surface area contributed by atoms with Crippen LogP contribution in [0.5, 0.6) is 5.75 Å². The maximum absolute atomic E-state index is 11.8. The van der Waals surface area contributed by atoms with Crippen LogP contribution in [0.1, 0.15) is 45.8 Å². The van der Waals surface area contributed by atoms with Gasteiger partial charge in [-0.25, -0.2) is 0 Å². The summed E-state index contributed by atoms with van der Waals surface area (Å²) >= 11 is 0. The van der Waals surface area contributed by atoms with Crippen LogP contribution in [0, 0.1) is 0 Å². The number of carbonyl (C=O) groups excluding carboxylic acids is 1. The van der Waals surface area contributed by atoms with Crippen LogP contribution in [-0.2, 0) is 4.79 Å². The average molecular weight is 317 g/mol. The fourth-order valence-corrected chi connectivity index (χ4v) is 2.04. The van der Waals surface area contributed by atoms with E-state index < -0.39 is 6.10 Å². The minimum absolute atomic E-state index is 0.0756. The van der Waals surface area contributed by atoms with Gasteiger partial charge in [0.2, 0.25) is 5.91 Å². The maximum atomic E-state index is 11.8. The molecule has 0 spiro atoms.